The zero-order chi connectivity index (χ0) is 23.8. The van der Waals surface area contributed by atoms with Crippen LogP contribution in [0.4, 0.5) is 0 Å². The lowest BCUT2D eigenvalue weighted by atomic mass is 9.99. The first kappa shape index (κ1) is 25.6. The lowest BCUT2D eigenvalue weighted by molar-refractivity contribution is -0.156. The summed E-state index contributed by atoms with van der Waals surface area (Å²) in [6, 6.07) is 12.6. The molecule has 2 rings (SSSR count). The number of carbonyl (C=O) groups is 2. The van der Waals surface area contributed by atoms with E-state index >= 15 is 0 Å². The molecule has 2 aromatic rings. The first-order valence-corrected chi connectivity index (χ1v) is 9.73. The molecule has 0 fully saturated rings. The van der Waals surface area contributed by atoms with Gasteiger partial charge in [-0.05, 0) is 29.7 Å². The molecule has 0 unspecified atom stereocenters. The summed E-state index contributed by atoms with van der Waals surface area (Å²) in [5.74, 6) is -1.80. The second-order valence-electron chi connectivity index (χ2n) is 7.18. The maximum absolute atomic E-state index is 12.1. The van der Waals surface area contributed by atoms with Crippen molar-refractivity contribution in [2.24, 2.45) is 0 Å². The summed E-state index contributed by atoms with van der Waals surface area (Å²) >= 11 is 0. The lowest BCUT2D eigenvalue weighted by Gasteiger charge is -2.20. The Morgan fingerprint density at radius 3 is 1.72 bits per heavy atom. The minimum Gasteiger partial charge on any atom is -0.425 e. The summed E-state index contributed by atoms with van der Waals surface area (Å²) in [6.45, 7) is -1.57. The van der Waals surface area contributed by atoms with Gasteiger partial charge in [0.15, 0.2) is 11.9 Å². The predicted molar refractivity (Wildman–Crippen MR) is 110 cm³/mol. The van der Waals surface area contributed by atoms with Gasteiger partial charge in [-0.3, -0.25) is 4.79 Å². The van der Waals surface area contributed by atoms with Crippen molar-refractivity contribution in [3.05, 3.63) is 65.2 Å². The van der Waals surface area contributed by atoms with Crippen LogP contribution in [-0.2, 0) is 11.2 Å². The zero-order valence-corrected chi connectivity index (χ0v) is 17.0. The Morgan fingerprint density at radius 2 is 1.22 bits per heavy atom. The average Bonchev–Trinajstić information content (AvgIpc) is 2.82. The average molecular weight is 450 g/mol. The van der Waals surface area contributed by atoms with E-state index in [1.165, 1.54) is 24.3 Å². The van der Waals surface area contributed by atoms with Crippen molar-refractivity contribution >= 4 is 11.8 Å². The lowest BCUT2D eigenvalue weighted by Crippen LogP contribution is -2.45. The number of aliphatic hydroxyl groups excluding tert-OH is 7. The van der Waals surface area contributed by atoms with Crippen molar-refractivity contribution in [1.29, 1.82) is 0 Å². The maximum atomic E-state index is 12.1. The van der Waals surface area contributed by atoms with Gasteiger partial charge >= 0.3 is 5.97 Å². The summed E-state index contributed by atoms with van der Waals surface area (Å²) in [5, 5.41) is 65.2. The molecule has 10 nitrogen and oxygen atoms in total. The molecular weight excluding hydrogens is 424 g/mol. The molecule has 7 N–H and O–H groups in total. The fourth-order valence-electron chi connectivity index (χ4n) is 2.78. The maximum Gasteiger partial charge on any atom is 0.343 e. The van der Waals surface area contributed by atoms with Crippen molar-refractivity contribution < 1.29 is 50.1 Å². The van der Waals surface area contributed by atoms with Gasteiger partial charge in [0, 0.05) is 5.56 Å². The van der Waals surface area contributed by atoms with Gasteiger partial charge in [-0.15, -0.1) is 0 Å². The summed E-state index contributed by atoms with van der Waals surface area (Å²) in [6.07, 6.45) is -8.42. The molecule has 0 radical (unpaired) electrons. The summed E-state index contributed by atoms with van der Waals surface area (Å²) in [4.78, 5) is 23.9. The molecule has 32 heavy (non-hydrogen) atoms. The highest BCUT2D eigenvalue weighted by Gasteiger charge is 2.31. The van der Waals surface area contributed by atoms with E-state index in [1.54, 1.807) is 24.3 Å². The van der Waals surface area contributed by atoms with Gasteiger partial charge in [-0.25, -0.2) is 4.79 Å². The van der Waals surface area contributed by atoms with Crippen molar-refractivity contribution in [3.8, 4) is 5.75 Å². The van der Waals surface area contributed by atoms with E-state index in [-0.39, 0.29) is 11.3 Å². The van der Waals surface area contributed by atoms with Crippen LogP contribution in [0.15, 0.2) is 48.5 Å². The molecular formula is C22H26O10. The van der Waals surface area contributed by atoms with Crippen LogP contribution < -0.4 is 4.74 Å². The summed E-state index contributed by atoms with van der Waals surface area (Å²) < 4.78 is 4.95. The van der Waals surface area contributed by atoms with Gasteiger partial charge in [0.05, 0.1) is 13.2 Å². The number of carbonyl (C=O) groups excluding carboxylic acids is 2. The Morgan fingerprint density at radius 1 is 0.719 bits per heavy atom. The highest BCUT2D eigenvalue weighted by molar-refractivity contribution is 5.99. The van der Waals surface area contributed by atoms with Crippen LogP contribution in [0.1, 0.15) is 21.5 Å². The molecule has 10 heteroatoms. The number of rotatable bonds is 11. The van der Waals surface area contributed by atoms with E-state index in [1.807, 2.05) is 0 Å². The van der Waals surface area contributed by atoms with E-state index in [0.717, 1.165) is 11.1 Å². The number of esters is 1. The quantitative estimate of drug-likeness (QED) is 0.116. The molecule has 0 saturated heterocycles. The van der Waals surface area contributed by atoms with Crippen molar-refractivity contribution in [2.45, 2.75) is 36.9 Å². The molecule has 0 aliphatic heterocycles. The Bertz CT molecular complexity index is 881. The molecule has 0 amide bonds. The van der Waals surface area contributed by atoms with Gasteiger partial charge in [0.1, 0.15) is 30.2 Å². The van der Waals surface area contributed by atoms with Crippen LogP contribution in [0.2, 0.25) is 0 Å². The van der Waals surface area contributed by atoms with E-state index in [2.05, 4.69) is 0 Å². The van der Waals surface area contributed by atoms with Crippen LogP contribution in [-0.4, -0.2) is 91.2 Å². The number of aliphatic hydroxyl groups is 7. The topological polar surface area (TPSA) is 185 Å². The van der Waals surface area contributed by atoms with E-state index < -0.39 is 55.5 Å². The Balaban J connectivity index is 1.96. The molecule has 0 heterocycles. The molecule has 0 aliphatic carbocycles. The van der Waals surface area contributed by atoms with E-state index in [0.29, 0.717) is 6.42 Å². The first-order valence-electron chi connectivity index (χ1n) is 9.73. The standard InChI is InChI=1S/C22H26O10/c23-10-16(25)19(28)18(27)14-5-1-12(2-6-14)9-13-3-7-15(8-4-13)32-22(31)21(30)20(29)17(26)11-24/h1-8,16-17,19-21,23-26,28-30H,9-11H2/t16-,17+,19+,20+,21-/m0/s1. The number of ether oxygens (including phenoxy) is 1. The first-order chi connectivity index (χ1) is 15.2. The third-order valence-electron chi connectivity index (χ3n) is 4.75. The monoisotopic (exact) mass is 450 g/mol. The number of Topliss-reactive ketones (excluding diaryl/α,β-unsaturated/α-hetero) is 1. The van der Waals surface area contributed by atoms with Crippen LogP contribution in [0.25, 0.3) is 0 Å². The third-order valence-corrected chi connectivity index (χ3v) is 4.75. The highest BCUT2D eigenvalue weighted by atomic mass is 16.6. The van der Waals surface area contributed by atoms with Crippen molar-refractivity contribution in [2.75, 3.05) is 13.2 Å². The molecule has 0 saturated carbocycles. The zero-order valence-electron chi connectivity index (χ0n) is 17.0. The molecule has 174 valence electrons. The number of hydrogen-bond donors (Lipinski definition) is 7. The number of benzene rings is 2. The smallest absolute Gasteiger partial charge is 0.343 e. The number of ketones is 1. The fourth-order valence-corrected chi connectivity index (χ4v) is 2.78. The Labute approximate surface area is 183 Å². The Hall–Kier alpha value is -2.70. The molecule has 2 aromatic carbocycles. The van der Waals surface area contributed by atoms with Gasteiger partial charge < -0.3 is 40.5 Å². The molecule has 0 bridgehead atoms. The third kappa shape index (κ3) is 6.65. The Kier molecular flexibility index (Phi) is 9.42. The summed E-state index contributed by atoms with van der Waals surface area (Å²) in [7, 11) is 0. The predicted octanol–water partition coefficient (Wildman–Crippen LogP) is -1.85. The molecule has 0 aliphatic rings. The molecule has 0 aromatic heterocycles. The van der Waals surface area contributed by atoms with Crippen molar-refractivity contribution in [3.63, 3.8) is 0 Å². The molecule has 0 spiro atoms. The molecule has 5 atom stereocenters. The van der Waals surface area contributed by atoms with Gasteiger partial charge in [-0.1, -0.05) is 36.4 Å². The van der Waals surface area contributed by atoms with Crippen LogP contribution in [0.5, 0.6) is 5.75 Å². The second kappa shape index (κ2) is 11.8. The minimum atomic E-state index is -2.03. The SMILES string of the molecule is O=C(Oc1ccc(Cc2ccc(C(=O)[C@H](O)[C@@H](O)CO)cc2)cc1)[C@@H](O)[C@H](O)[C@H](O)CO. The summed E-state index contributed by atoms with van der Waals surface area (Å²) in [5.41, 5.74) is 1.85. The second-order valence-corrected chi connectivity index (χ2v) is 7.18. The van der Waals surface area contributed by atoms with E-state index in [9.17, 15) is 35.1 Å². The van der Waals surface area contributed by atoms with Crippen LogP contribution >= 0.6 is 0 Å². The van der Waals surface area contributed by atoms with Crippen molar-refractivity contribution in [1.82, 2.24) is 0 Å². The fraction of sp³-hybridized carbons (Fsp3) is 0.364. The van der Waals surface area contributed by atoms with Crippen LogP contribution in [0, 0.1) is 0 Å². The highest BCUT2D eigenvalue weighted by Crippen LogP contribution is 2.18. The van der Waals surface area contributed by atoms with Gasteiger partial charge in [0.2, 0.25) is 0 Å². The van der Waals surface area contributed by atoms with Gasteiger partial charge in [-0.2, -0.15) is 0 Å². The van der Waals surface area contributed by atoms with Gasteiger partial charge in [0.25, 0.3) is 0 Å². The number of hydrogen-bond acceptors (Lipinski definition) is 10. The normalized spacial score (nSPS) is 16.0. The van der Waals surface area contributed by atoms with Crippen LogP contribution in [0.3, 0.4) is 0 Å². The largest absolute Gasteiger partial charge is 0.425 e. The van der Waals surface area contributed by atoms with E-state index in [4.69, 9.17) is 14.9 Å². The minimum absolute atomic E-state index is 0.0980.